The molecule has 0 radical (unpaired) electrons. The van der Waals surface area contributed by atoms with Crippen LogP contribution in [0.4, 0.5) is 0 Å². The fourth-order valence-corrected chi connectivity index (χ4v) is 1.54. The summed E-state index contributed by atoms with van der Waals surface area (Å²) in [5, 5.41) is 0. The number of nitrogens with two attached hydrogens (primary N) is 1. The van der Waals surface area contributed by atoms with Crippen LogP contribution in [0.1, 0.15) is 30.1 Å². The van der Waals surface area contributed by atoms with Gasteiger partial charge in [0.05, 0.1) is 0 Å². The minimum atomic E-state index is 0.279. The van der Waals surface area contributed by atoms with Gasteiger partial charge >= 0.3 is 0 Å². The number of aryl methyl sites for hydroxylation is 1. The average Bonchev–Trinajstić information content (AvgIpc) is 2.74. The first-order valence-corrected chi connectivity index (χ1v) is 4.18. The summed E-state index contributed by atoms with van der Waals surface area (Å²) in [7, 11) is 0. The molecule has 1 aliphatic carbocycles. The first kappa shape index (κ1) is 6.92. The van der Waals surface area contributed by atoms with Crippen LogP contribution in [-0.2, 0) is 0 Å². The molecule has 1 saturated carbocycles. The van der Waals surface area contributed by atoms with E-state index in [0.29, 0.717) is 0 Å². The van der Waals surface area contributed by atoms with Gasteiger partial charge in [-0.15, -0.1) is 0 Å². The molecule has 1 aromatic rings. The van der Waals surface area contributed by atoms with Gasteiger partial charge in [0.2, 0.25) is 0 Å². The number of aromatic nitrogens is 1. The van der Waals surface area contributed by atoms with E-state index in [1.54, 1.807) is 0 Å². The molecule has 0 bridgehead atoms. The maximum absolute atomic E-state index is 6.03. The molecular formula is C9H14N2. The molecular weight excluding hydrogens is 136 g/mol. The standard InChI is InChI=1S/C9H14N2/c1-6-8(4-5-11-6)9(10)7-2-3-7/h4-5,7,9,11H,2-3,10H2,1H3/t9-/m0/s1. The summed E-state index contributed by atoms with van der Waals surface area (Å²) in [6, 6.07) is 2.37. The van der Waals surface area contributed by atoms with Crippen molar-refractivity contribution in [2.24, 2.45) is 11.7 Å². The quantitative estimate of drug-likeness (QED) is 0.662. The molecule has 1 aromatic heterocycles. The van der Waals surface area contributed by atoms with E-state index in [4.69, 9.17) is 5.73 Å². The predicted molar refractivity (Wildman–Crippen MR) is 45.2 cm³/mol. The summed E-state index contributed by atoms with van der Waals surface area (Å²) in [6.07, 6.45) is 4.59. The Kier molecular flexibility index (Phi) is 1.50. The molecule has 3 N–H and O–H groups in total. The Bertz CT molecular complexity index is 248. The molecule has 2 nitrogen and oxygen atoms in total. The molecule has 60 valence electrons. The smallest absolute Gasteiger partial charge is 0.0341 e. The van der Waals surface area contributed by atoms with Gasteiger partial charge in [-0.05, 0) is 37.3 Å². The van der Waals surface area contributed by atoms with Crippen molar-refractivity contribution in [2.45, 2.75) is 25.8 Å². The molecule has 0 aliphatic heterocycles. The van der Waals surface area contributed by atoms with Gasteiger partial charge in [-0.2, -0.15) is 0 Å². The summed E-state index contributed by atoms with van der Waals surface area (Å²) < 4.78 is 0. The third kappa shape index (κ3) is 1.18. The molecule has 11 heavy (non-hydrogen) atoms. The molecule has 2 heteroatoms. The molecule has 0 amide bonds. The van der Waals surface area contributed by atoms with Gasteiger partial charge in [-0.25, -0.2) is 0 Å². The number of hydrogen-bond acceptors (Lipinski definition) is 1. The Morgan fingerprint density at radius 2 is 2.36 bits per heavy atom. The SMILES string of the molecule is Cc1[nH]ccc1[C@@H](N)C1CC1. The van der Waals surface area contributed by atoms with Crippen LogP contribution in [0.3, 0.4) is 0 Å². The fraction of sp³-hybridized carbons (Fsp3) is 0.556. The minimum absolute atomic E-state index is 0.279. The minimum Gasteiger partial charge on any atom is -0.365 e. The highest BCUT2D eigenvalue weighted by atomic mass is 14.7. The Balaban J connectivity index is 2.20. The third-order valence-electron chi connectivity index (χ3n) is 2.48. The largest absolute Gasteiger partial charge is 0.365 e. The summed E-state index contributed by atoms with van der Waals surface area (Å²) in [6.45, 7) is 2.08. The first-order chi connectivity index (χ1) is 5.29. The second kappa shape index (κ2) is 2.38. The number of rotatable bonds is 2. The van der Waals surface area contributed by atoms with Crippen molar-refractivity contribution >= 4 is 0 Å². The third-order valence-corrected chi connectivity index (χ3v) is 2.48. The first-order valence-electron chi connectivity index (χ1n) is 4.18. The lowest BCUT2D eigenvalue weighted by Gasteiger charge is -2.08. The zero-order valence-electron chi connectivity index (χ0n) is 6.80. The van der Waals surface area contributed by atoms with Gasteiger partial charge in [0.15, 0.2) is 0 Å². The predicted octanol–water partition coefficient (Wildman–Crippen LogP) is 1.73. The average molecular weight is 150 g/mol. The zero-order chi connectivity index (χ0) is 7.84. The maximum Gasteiger partial charge on any atom is 0.0341 e. The zero-order valence-corrected chi connectivity index (χ0v) is 6.80. The van der Waals surface area contributed by atoms with E-state index >= 15 is 0 Å². The van der Waals surface area contributed by atoms with Gasteiger partial charge < -0.3 is 10.7 Å². The van der Waals surface area contributed by atoms with Gasteiger partial charge in [0.1, 0.15) is 0 Å². The van der Waals surface area contributed by atoms with Gasteiger partial charge in [-0.1, -0.05) is 0 Å². The monoisotopic (exact) mass is 150 g/mol. The number of hydrogen-bond donors (Lipinski definition) is 2. The molecule has 1 atom stereocenters. The van der Waals surface area contributed by atoms with Crippen LogP contribution >= 0.6 is 0 Å². The molecule has 2 rings (SSSR count). The lowest BCUT2D eigenvalue weighted by molar-refractivity contribution is 0.630. The molecule has 1 aliphatic rings. The van der Waals surface area contributed by atoms with Crippen molar-refractivity contribution < 1.29 is 0 Å². The second-order valence-electron chi connectivity index (χ2n) is 3.42. The highest BCUT2D eigenvalue weighted by Crippen LogP contribution is 2.39. The van der Waals surface area contributed by atoms with Crippen LogP contribution in [0.5, 0.6) is 0 Å². The lowest BCUT2D eigenvalue weighted by Crippen LogP contribution is -2.12. The highest BCUT2D eigenvalue weighted by molar-refractivity contribution is 5.24. The second-order valence-corrected chi connectivity index (χ2v) is 3.42. The van der Waals surface area contributed by atoms with E-state index in [9.17, 15) is 0 Å². The Morgan fingerprint density at radius 3 is 2.82 bits per heavy atom. The maximum atomic E-state index is 6.03. The number of nitrogens with one attached hydrogen (secondary N) is 1. The fourth-order valence-electron chi connectivity index (χ4n) is 1.54. The normalized spacial score (nSPS) is 20.2. The number of aromatic amines is 1. The topological polar surface area (TPSA) is 41.8 Å². The lowest BCUT2D eigenvalue weighted by atomic mass is 10.0. The van der Waals surface area contributed by atoms with Crippen LogP contribution in [0.25, 0.3) is 0 Å². The van der Waals surface area contributed by atoms with E-state index in [-0.39, 0.29) is 6.04 Å². The summed E-state index contributed by atoms with van der Waals surface area (Å²) in [5.74, 6) is 0.754. The van der Waals surface area contributed by atoms with Crippen molar-refractivity contribution in [3.63, 3.8) is 0 Å². The van der Waals surface area contributed by atoms with Gasteiger partial charge in [-0.3, -0.25) is 0 Å². The van der Waals surface area contributed by atoms with E-state index < -0.39 is 0 Å². The van der Waals surface area contributed by atoms with E-state index in [1.807, 2.05) is 6.20 Å². The van der Waals surface area contributed by atoms with E-state index in [2.05, 4.69) is 18.0 Å². The van der Waals surface area contributed by atoms with E-state index in [0.717, 1.165) is 5.92 Å². The van der Waals surface area contributed by atoms with Gasteiger partial charge in [0, 0.05) is 17.9 Å². The molecule has 0 spiro atoms. The van der Waals surface area contributed by atoms with Crippen LogP contribution < -0.4 is 5.73 Å². The summed E-state index contributed by atoms with van der Waals surface area (Å²) in [5.41, 5.74) is 8.55. The Hall–Kier alpha value is -0.760. The van der Waals surface area contributed by atoms with Crippen molar-refractivity contribution in [3.8, 4) is 0 Å². The van der Waals surface area contributed by atoms with Crippen LogP contribution in [-0.4, -0.2) is 4.98 Å². The molecule has 0 saturated heterocycles. The van der Waals surface area contributed by atoms with Crippen molar-refractivity contribution in [1.82, 2.24) is 4.98 Å². The van der Waals surface area contributed by atoms with Crippen LogP contribution in [0.15, 0.2) is 12.3 Å². The van der Waals surface area contributed by atoms with Crippen LogP contribution in [0, 0.1) is 12.8 Å². The summed E-state index contributed by atoms with van der Waals surface area (Å²) >= 11 is 0. The van der Waals surface area contributed by atoms with Crippen molar-refractivity contribution in [1.29, 1.82) is 0 Å². The van der Waals surface area contributed by atoms with Crippen LogP contribution in [0.2, 0.25) is 0 Å². The van der Waals surface area contributed by atoms with E-state index in [1.165, 1.54) is 24.1 Å². The van der Waals surface area contributed by atoms with Crippen molar-refractivity contribution in [2.75, 3.05) is 0 Å². The Labute approximate surface area is 66.8 Å². The van der Waals surface area contributed by atoms with Gasteiger partial charge in [0.25, 0.3) is 0 Å². The molecule has 0 aromatic carbocycles. The number of H-pyrrole nitrogens is 1. The summed E-state index contributed by atoms with van der Waals surface area (Å²) in [4.78, 5) is 3.15. The van der Waals surface area contributed by atoms with Crippen molar-refractivity contribution in [3.05, 3.63) is 23.5 Å². The molecule has 1 fully saturated rings. The molecule has 1 heterocycles. The highest BCUT2D eigenvalue weighted by Gasteiger charge is 2.30. The Morgan fingerprint density at radius 1 is 1.64 bits per heavy atom. The molecule has 0 unspecified atom stereocenters.